The first-order valence-electron chi connectivity index (χ1n) is 5.10. The standard InChI is InChI=1S/C10H12FN3O4/c11-7-3-4-9(8(6-7)14(16)17)18-5-1-2-10(15)13-12/h3-4,6H,1-2,5,12H2,(H,13,15). The molecule has 0 saturated carbocycles. The van der Waals surface area contributed by atoms with Crippen molar-refractivity contribution in [2.45, 2.75) is 12.8 Å². The fraction of sp³-hybridized carbons (Fsp3) is 0.300. The van der Waals surface area contributed by atoms with Crippen LogP contribution in [0.4, 0.5) is 10.1 Å². The highest BCUT2D eigenvalue weighted by Crippen LogP contribution is 2.27. The molecule has 3 N–H and O–H groups in total. The molecule has 0 fully saturated rings. The fourth-order valence-electron chi connectivity index (χ4n) is 1.24. The quantitative estimate of drug-likeness (QED) is 0.258. The molecule has 0 spiro atoms. The van der Waals surface area contributed by atoms with E-state index in [4.69, 9.17) is 10.6 Å². The van der Waals surface area contributed by atoms with E-state index in [1.165, 1.54) is 6.07 Å². The Morgan fingerprint density at radius 1 is 1.56 bits per heavy atom. The summed E-state index contributed by atoms with van der Waals surface area (Å²) in [6.45, 7) is 0.0971. The molecule has 1 aromatic carbocycles. The predicted molar refractivity (Wildman–Crippen MR) is 60.1 cm³/mol. The molecule has 0 aliphatic carbocycles. The van der Waals surface area contributed by atoms with E-state index in [0.717, 1.165) is 12.1 Å². The van der Waals surface area contributed by atoms with Gasteiger partial charge >= 0.3 is 5.69 Å². The van der Waals surface area contributed by atoms with Gasteiger partial charge in [-0.3, -0.25) is 20.3 Å². The lowest BCUT2D eigenvalue weighted by atomic mass is 10.3. The molecule has 0 heterocycles. The largest absolute Gasteiger partial charge is 0.487 e. The number of nitrogens with zero attached hydrogens (tertiary/aromatic N) is 1. The number of amides is 1. The fourth-order valence-corrected chi connectivity index (χ4v) is 1.24. The van der Waals surface area contributed by atoms with Crippen molar-refractivity contribution in [3.63, 3.8) is 0 Å². The zero-order valence-corrected chi connectivity index (χ0v) is 9.39. The molecule has 0 unspecified atom stereocenters. The molecule has 0 aromatic heterocycles. The lowest BCUT2D eigenvalue weighted by Gasteiger charge is -2.06. The van der Waals surface area contributed by atoms with E-state index < -0.39 is 16.4 Å². The maximum absolute atomic E-state index is 12.8. The van der Waals surface area contributed by atoms with E-state index in [-0.39, 0.29) is 24.7 Å². The van der Waals surface area contributed by atoms with E-state index in [9.17, 15) is 19.3 Å². The Hall–Kier alpha value is -2.22. The Morgan fingerprint density at radius 3 is 2.89 bits per heavy atom. The Morgan fingerprint density at radius 2 is 2.28 bits per heavy atom. The summed E-state index contributed by atoms with van der Waals surface area (Å²) >= 11 is 0. The van der Waals surface area contributed by atoms with Crippen LogP contribution in [0.3, 0.4) is 0 Å². The molecule has 0 radical (unpaired) electrons. The number of benzene rings is 1. The minimum absolute atomic E-state index is 0.0328. The SMILES string of the molecule is NNC(=O)CCCOc1ccc(F)cc1[N+](=O)[O-]. The second kappa shape index (κ2) is 6.50. The van der Waals surface area contributed by atoms with Crippen molar-refractivity contribution in [2.24, 2.45) is 5.84 Å². The summed E-state index contributed by atoms with van der Waals surface area (Å²) in [6.07, 6.45) is 0.489. The van der Waals surface area contributed by atoms with Gasteiger partial charge < -0.3 is 4.74 Å². The molecule has 0 saturated heterocycles. The zero-order valence-electron chi connectivity index (χ0n) is 9.39. The zero-order chi connectivity index (χ0) is 13.5. The Labute approximate surface area is 102 Å². The molecule has 0 aliphatic heterocycles. The van der Waals surface area contributed by atoms with Gasteiger partial charge in [-0.05, 0) is 18.6 Å². The number of hydrazine groups is 1. The number of rotatable bonds is 6. The lowest BCUT2D eigenvalue weighted by Crippen LogP contribution is -2.29. The molecule has 1 amide bonds. The molecule has 8 heteroatoms. The van der Waals surface area contributed by atoms with Crippen LogP contribution in [-0.2, 0) is 4.79 Å². The third-order valence-corrected chi connectivity index (χ3v) is 2.08. The number of hydrogen-bond acceptors (Lipinski definition) is 5. The smallest absolute Gasteiger partial charge is 0.313 e. The van der Waals surface area contributed by atoms with Crippen molar-refractivity contribution >= 4 is 11.6 Å². The third kappa shape index (κ3) is 3.98. The number of nitrogens with one attached hydrogen (secondary N) is 1. The maximum atomic E-state index is 12.8. The van der Waals surface area contributed by atoms with Crippen LogP contribution in [0.1, 0.15) is 12.8 Å². The van der Waals surface area contributed by atoms with E-state index in [0.29, 0.717) is 6.42 Å². The first-order chi connectivity index (χ1) is 8.54. The normalized spacial score (nSPS) is 9.89. The summed E-state index contributed by atoms with van der Waals surface area (Å²) in [5, 5.41) is 10.6. The van der Waals surface area contributed by atoms with Gasteiger partial charge in [0.15, 0.2) is 5.75 Å². The van der Waals surface area contributed by atoms with Crippen molar-refractivity contribution in [3.8, 4) is 5.75 Å². The summed E-state index contributed by atoms with van der Waals surface area (Å²) in [7, 11) is 0. The van der Waals surface area contributed by atoms with Crippen LogP contribution in [0.25, 0.3) is 0 Å². The van der Waals surface area contributed by atoms with Crippen LogP contribution in [0, 0.1) is 15.9 Å². The van der Waals surface area contributed by atoms with E-state index in [2.05, 4.69) is 0 Å². The van der Waals surface area contributed by atoms with Crippen LogP contribution in [-0.4, -0.2) is 17.4 Å². The summed E-state index contributed by atoms with van der Waals surface area (Å²) in [4.78, 5) is 20.7. The van der Waals surface area contributed by atoms with Crippen LogP contribution in [0.5, 0.6) is 5.75 Å². The molecule has 0 aliphatic rings. The maximum Gasteiger partial charge on any atom is 0.313 e. The van der Waals surface area contributed by atoms with Crippen molar-refractivity contribution in [1.29, 1.82) is 0 Å². The third-order valence-electron chi connectivity index (χ3n) is 2.08. The molecular weight excluding hydrogens is 245 g/mol. The van der Waals surface area contributed by atoms with Gasteiger partial charge in [-0.25, -0.2) is 10.2 Å². The lowest BCUT2D eigenvalue weighted by molar-refractivity contribution is -0.386. The summed E-state index contributed by atoms with van der Waals surface area (Å²) < 4.78 is 17.9. The molecular formula is C10H12FN3O4. The number of nitro groups is 1. The van der Waals surface area contributed by atoms with Crippen molar-refractivity contribution < 1.29 is 18.8 Å². The Kier molecular flexibility index (Phi) is 5.00. The van der Waals surface area contributed by atoms with Gasteiger partial charge in [-0.2, -0.15) is 0 Å². The number of hydrogen-bond donors (Lipinski definition) is 2. The Balaban J connectivity index is 2.56. The van der Waals surface area contributed by atoms with Crippen LogP contribution >= 0.6 is 0 Å². The van der Waals surface area contributed by atoms with Gasteiger partial charge in [0.05, 0.1) is 17.6 Å². The summed E-state index contributed by atoms with van der Waals surface area (Å²) in [5.41, 5.74) is 1.50. The number of carbonyl (C=O) groups excluding carboxylic acids is 1. The number of halogens is 1. The van der Waals surface area contributed by atoms with Crippen molar-refractivity contribution in [3.05, 3.63) is 34.1 Å². The molecule has 98 valence electrons. The first kappa shape index (κ1) is 13.8. The summed E-state index contributed by atoms with van der Waals surface area (Å²) in [5.74, 6) is 3.78. The molecule has 1 rings (SSSR count). The van der Waals surface area contributed by atoms with Gasteiger partial charge in [0.2, 0.25) is 5.91 Å². The topological polar surface area (TPSA) is 107 Å². The highest BCUT2D eigenvalue weighted by molar-refractivity contribution is 5.75. The van der Waals surface area contributed by atoms with Gasteiger partial charge in [0.25, 0.3) is 0 Å². The van der Waals surface area contributed by atoms with Crippen LogP contribution < -0.4 is 16.0 Å². The number of carbonyl (C=O) groups is 1. The van der Waals surface area contributed by atoms with Gasteiger partial charge in [-0.1, -0.05) is 0 Å². The average molecular weight is 257 g/mol. The van der Waals surface area contributed by atoms with Crippen LogP contribution in [0.15, 0.2) is 18.2 Å². The van der Waals surface area contributed by atoms with E-state index in [1.807, 2.05) is 5.43 Å². The molecule has 18 heavy (non-hydrogen) atoms. The monoisotopic (exact) mass is 257 g/mol. The van der Waals surface area contributed by atoms with Gasteiger partial charge in [0.1, 0.15) is 5.82 Å². The van der Waals surface area contributed by atoms with Gasteiger partial charge in [-0.15, -0.1) is 0 Å². The second-order valence-corrected chi connectivity index (χ2v) is 3.39. The second-order valence-electron chi connectivity index (χ2n) is 3.39. The van der Waals surface area contributed by atoms with Crippen LogP contribution in [0.2, 0.25) is 0 Å². The van der Waals surface area contributed by atoms with Crippen molar-refractivity contribution in [1.82, 2.24) is 5.43 Å². The molecule has 1 aromatic rings. The van der Waals surface area contributed by atoms with E-state index >= 15 is 0 Å². The Bertz CT molecular complexity index is 453. The summed E-state index contributed by atoms with van der Waals surface area (Å²) in [6, 6.07) is 3.02. The number of ether oxygens (including phenoxy) is 1. The molecule has 7 nitrogen and oxygen atoms in total. The van der Waals surface area contributed by atoms with E-state index in [1.54, 1.807) is 0 Å². The highest BCUT2D eigenvalue weighted by atomic mass is 19.1. The molecule has 0 bridgehead atoms. The molecule has 0 atom stereocenters. The van der Waals surface area contributed by atoms with Gasteiger partial charge in [0, 0.05) is 6.42 Å². The number of nitro benzene ring substituents is 1. The minimum Gasteiger partial charge on any atom is -0.487 e. The predicted octanol–water partition coefficient (Wildman–Crippen LogP) is 0.883. The highest BCUT2D eigenvalue weighted by Gasteiger charge is 2.16. The number of nitrogens with two attached hydrogens (primary N) is 1. The average Bonchev–Trinajstić information content (AvgIpc) is 2.35. The minimum atomic E-state index is -0.731. The van der Waals surface area contributed by atoms with Crippen molar-refractivity contribution in [2.75, 3.05) is 6.61 Å². The first-order valence-corrected chi connectivity index (χ1v) is 5.10.